The quantitative estimate of drug-likeness (QED) is 0.494. The Morgan fingerprint density at radius 1 is 0.909 bits per heavy atom. The molecule has 0 saturated heterocycles. The molecular formula is C21H25Br. The summed E-state index contributed by atoms with van der Waals surface area (Å²) >= 11 is 3.71. The minimum absolute atomic E-state index is 0.0619. The van der Waals surface area contributed by atoms with Crippen molar-refractivity contribution in [1.82, 2.24) is 0 Å². The van der Waals surface area contributed by atoms with Crippen LogP contribution in [0.3, 0.4) is 0 Å². The highest BCUT2D eigenvalue weighted by Gasteiger charge is 2.39. The number of hydrogen-bond acceptors (Lipinski definition) is 0. The van der Waals surface area contributed by atoms with Crippen molar-refractivity contribution in [3.8, 4) is 11.1 Å². The van der Waals surface area contributed by atoms with E-state index in [0.29, 0.717) is 0 Å². The first kappa shape index (κ1) is 15.8. The molecule has 0 fully saturated rings. The minimum Gasteiger partial charge on any atom is -0.0561 e. The van der Waals surface area contributed by atoms with Crippen molar-refractivity contribution >= 4 is 15.9 Å². The lowest BCUT2D eigenvalue weighted by Crippen LogP contribution is -2.23. The Hall–Kier alpha value is -1.08. The fourth-order valence-corrected chi connectivity index (χ4v) is 4.16. The number of hydrogen-bond donors (Lipinski definition) is 0. The molecule has 22 heavy (non-hydrogen) atoms. The van der Waals surface area contributed by atoms with E-state index in [9.17, 15) is 0 Å². The summed E-state index contributed by atoms with van der Waals surface area (Å²) in [4.78, 5) is 0. The van der Waals surface area contributed by atoms with Gasteiger partial charge < -0.3 is 0 Å². The van der Waals surface area contributed by atoms with E-state index in [1.807, 2.05) is 0 Å². The van der Waals surface area contributed by atoms with Crippen LogP contribution in [0.25, 0.3) is 11.1 Å². The third-order valence-corrected chi connectivity index (χ3v) is 5.83. The number of fused-ring (bicyclic) bond motifs is 3. The maximum Gasteiger partial charge on any atom is 0.0210 e. The van der Waals surface area contributed by atoms with Gasteiger partial charge in [0.15, 0.2) is 0 Å². The highest BCUT2D eigenvalue weighted by atomic mass is 79.9. The van der Waals surface area contributed by atoms with Gasteiger partial charge in [0.25, 0.3) is 0 Å². The monoisotopic (exact) mass is 356 g/mol. The molecule has 0 atom stereocenters. The largest absolute Gasteiger partial charge is 0.0561 e. The highest BCUT2D eigenvalue weighted by molar-refractivity contribution is 9.10. The van der Waals surface area contributed by atoms with Gasteiger partial charge in [0, 0.05) is 9.89 Å². The second-order valence-corrected chi connectivity index (χ2v) is 9.11. The molecule has 0 saturated carbocycles. The molecule has 2 aromatic rings. The van der Waals surface area contributed by atoms with Gasteiger partial charge in [-0.1, -0.05) is 74.3 Å². The smallest absolute Gasteiger partial charge is 0.0210 e. The molecule has 0 aromatic heterocycles. The molecule has 1 heteroatoms. The molecule has 0 spiro atoms. The fraction of sp³-hybridized carbons (Fsp3) is 0.429. The van der Waals surface area contributed by atoms with Crippen molar-refractivity contribution in [3.05, 3.63) is 56.6 Å². The van der Waals surface area contributed by atoms with Crippen LogP contribution >= 0.6 is 15.9 Å². The van der Waals surface area contributed by atoms with E-state index in [0.717, 1.165) is 0 Å². The van der Waals surface area contributed by atoms with Gasteiger partial charge in [-0.2, -0.15) is 0 Å². The molecule has 3 rings (SSSR count). The van der Waals surface area contributed by atoms with Crippen LogP contribution in [0.1, 0.15) is 62.4 Å². The molecule has 0 heterocycles. The predicted molar refractivity (Wildman–Crippen MR) is 99.9 cm³/mol. The summed E-state index contributed by atoms with van der Waals surface area (Å²) in [5, 5.41) is 0. The second-order valence-electron chi connectivity index (χ2n) is 8.26. The van der Waals surface area contributed by atoms with Crippen molar-refractivity contribution in [3.63, 3.8) is 0 Å². The number of halogens is 1. The summed E-state index contributed by atoms with van der Waals surface area (Å²) in [6.07, 6.45) is 0. The van der Waals surface area contributed by atoms with E-state index in [4.69, 9.17) is 0 Å². The Bertz CT molecular complexity index is 773. The normalized spacial score (nSPS) is 15.6. The topological polar surface area (TPSA) is 0 Å². The molecule has 1 aliphatic rings. The van der Waals surface area contributed by atoms with Gasteiger partial charge in [0.2, 0.25) is 0 Å². The van der Waals surface area contributed by atoms with E-state index < -0.39 is 0 Å². The first-order chi connectivity index (χ1) is 10.0. The summed E-state index contributed by atoms with van der Waals surface area (Å²) in [5.41, 5.74) is 10.2. The zero-order chi connectivity index (χ0) is 16.4. The molecule has 0 aliphatic heterocycles. The fourth-order valence-electron chi connectivity index (χ4n) is 3.82. The molecule has 0 N–H and O–H groups in total. The average Bonchev–Trinajstić information content (AvgIpc) is 2.58. The van der Waals surface area contributed by atoms with E-state index in [-0.39, 0.29) is 10.8 Å². The van der Waals surface area contributed by atoms with Crippen LogP contribution in [0, 0.1) is 13.8 Å². The predicted octanol–water partition coefficient (Wildman–Crippen LogP) is 6.67. The highest BCUT2D eigenvalue weighted by Crippen LogP contribution is 2.53. The summed E-state index contributed by atoms with van der Waals surface area (Å²) in [6.45, 7) is 16.1. The zero-order valence-electron chi connectivity index (χ0n) is 14.7. The molecule has 1 aliphatic carbocycles. The van der Waals surface area contributed by atoms with Crippen LogP contribution in [0.4, 0.5) is 0 Å². The Morgan fingerprint density at radius 3 is 2.14 bits per heavy atom. The number of rotatable bonds is 0. The van der Waals surface area contributed by atoms with Crippen molar-refractivity contribution in [2.75, 3.05) is 0 Å². The van der Waals surface area contributed by atoms with E-state index in [1.54, 1.807) is 0 Å². The van der Waals surface area contributed by atoms with E-state index in [1.165, 1.54) is 43.4 Å². The van der Waals surface area contributed by atoms with Gasteiger partial charge in [-0.25, -0.2) is 0 Å². The third-order valence-electron chi connectivity index (χ3n) is 4.98. The molecule has 0 unspecified atom stereocenters. The van der Waals surface area contributed by atoms with Crippen LogP contribution in [-0.2, 0) is 10.8 Å². The van der Waals surface area contributed by atoms with Gasteiger partial charge in [-0.05, 0) is 58.7 Å². The SMILES string of the molecule is Cc1cc2c(c(C(C)(C)C)c1)C(C)(C)c1cc(C)c(Br)cc1-2. The maximum absolute atomic E-state index is 3.71. The molecular weight excluding hydrogens is 332 g/mol. The molecule has 0 bridgehead atoms. The maximum atomic E-state index is 3.71. The first-order valence-corrected chi connectivity index (χ1v) is 8.79. The number of aryl methyl sites for hydroxylation is 2. The van der Waals surface area contributed by atoms with Crippen molar-refractivity contribution < 1.29 is 0 Å². The zero-order valence-corrected chi connectivity index (χ0v) is 16.3. The Morgan fingerprint density at radius 2 is 1.55 bits per heavy atom. The average molecular weight is 357 g/mol. The van der Waals surface area contributed by atoms with Crippen LogP contribution in [0.5, 0.6) is 0 Å². The first-order valence-electron chi connectivity index (χ1n) is 8.00. The summed E-state index contributed by atoms with van der Waals surface area (Å²) in [7, 11) is 0. The van der Waals surface area contributed by atoms with Crippen molar-refractivity contribution in [2.45, 2.75) is 59.3 Å². The van der Waals surface area contributed by atoms with Crippen LogP contribution in [0.15, 0.2) is 28.7 Å². The van der Waals surface area contributed by atoms with Gasteiger partial charge in [-0.15, -0.1) is 0 Å². The van der Waals surface area contributed by atoms with Crippen molar-refractivity contribution in [1.29, 1.82) is 0 Å². The Kier molecular flexibility index (Phi) is 3.38. The van der Waals surface area contributed by atoms with E-state index >= 15 is 0 Å². The van der Waals surface area contributed by atoms with Crippen LogP contribution < -0.4 is 0 Å². The summed E-state index contributed by atoms with van der Waals surface area (Å²) in [5.74, 6) is 0. The summed E-state index contributed by atoms with van der Waals surface area (Å²) in [6, 6.07) is 9.42. The lowest BCUT2D eigenvalue weighted by Gasteiger charge is -2.31. The van der Waals surface area contributed by atoms with Gasteiger partial charge in [0.05, 0.1) is 0 Å². The number of benzene rings is 2. The molecule has 0 nitrogen and oxygen atoms in total. The lowest BCUT2D eigenvalue weighted by atomic mass is 9.73. The molecule has 0 amide bonds. The van der Waals surface area contributed by atoms with Gasteiger partial charge in [0.1, 0.15) is 0 Å². The molecule has 116 valence electrons. The van der Waals surface area contributed by atoms with Gasteiger partial charge >= 0.3 is 0 Å². The summed E-state index contributed by atoms with van der Waals surface area (Å²) < 4.78 is 1.20. The third kappa shape index (κ3) is 2.17. The Labute approximate surface area is 143 Å². The standard InChI is InChI=1S/C21H25Br/c1-12-8-15-14-11-18(22)13(2)10-16(14)21(6,7)19(15)17(9-12)20(3,4)5/h8-11H,1-7H3. The van der Waals surface area contributed by atoms with Crippen LogP contribution in [0.2, 0.25) is 0 Å². The van der Waals surface area contributed by atoms with Crippen molar-refractivity contribution in [2.24, 2.45) is 0 Å². The molecule has 0 radical (unpaired) electrons. The van der Waals surface area contributed by atoms with Gasteiger partial charge in [-0.3, -0.25) is 0 Å². The molecule has 2 aromatic carbocycles. The lowest BCUT2D eigenvalue weighted by molar-refractivity contribution is 0.556. The second kappa shape index (κ2) is 4.71. The Balaban J connectivity index is 2.44. The van der Waals surface area contributed by atoms with E-state index in [2.05, 4.69) is 88.7 Å². The minimum atomic E-state index is 0.0619. The van der Waals surface area contributed by atoms with Crippen LogP contribution in [-0.4, -0.2) is 0 Å².